The number of hydrogen-bond donors (Lipinski definition) is 2. The van der Waals surface area contributed by atoms with Crippen LogP contribution in [-0.4, -0.2) is 5.91 Å². The van der Waals surface area contributed by atoms with E-state index in [-0.39, 0.29) is 11.8 Å². The third kappa shape index (κ3) is 2.22. The van der Waals surface area contributed by atoms with Gasteiger partial charge in [-0.1, -0.05) is 6.42 Å². The van der Waals surface area contributed by atoms with E-state index in [1.54, 1.807) is 0 Å². The maximum absolute atomic E-state index is 12.5. The Labute approximate surface area is 114 Å². The van der Waals surface area contributed by atoms with Crippen LogP contribution < -0.4 is 11.1 Å². The number of nitrogen functional groups attached to an aromatic ring is 1. The van der Waals surface area contributed by atoms with Crippen molar-refractivity contribution in [3.8, 4) is 0 Å². The van der Waals surface area contributed by atoms with E-state index in [1.807, 2.05) is 26.0 Å². The third-order valence-corrected chi connectivity index (χ3v) is 4.88. The third-order valence-electron chi connectivity index (χ3n) is 4.88. The molecule has 102 valence electrons. The van der Waals surface area contributed by atoms with Gasteiger partial charge in [0.1, 0.15) is 0 Å². The Morgan fingerprint density at radius 3 is 2.42 bits per heavy atom. The van der Waals surface area contributed by atoms with Crippen molar-refractivity contribution >= 4 is 17.3 Å². The summed E-state index contributed by atoms with van der Waals surface area (Å²) in [7, 11) is 0. The number of fused-ring (bicyclic) bond motifs is 2. The summed E-state index contributed by atoms with van der Waals surface area (Å²) in [5.74, 6) is 1.87. The Balaban J connectivity index is 1.77. The molecule has 3 N–H and O–H groups in total. The second-order valence-electron chi connectivity index (χ2n) is 6.30. The van der Waals surface area contributed by atoms with Crippen LogP contribution in [0.3, 0.4) is 0 Å². The highest BCUT2D eigenvalue weighted by Crippen LogP contribution is 2.48. The van der Waals surface area contributed by atoms with Crippen molar-refractivity contribution in [3.63, 3.8) is 0 Å². The summed E-state index contributed by atoms with van der Waals surface area (Å²) >= 11 is 0. The highest BCUT2D eigenvalue weighted by atomic mass is 16.1. The first-order chi connectivity index (χ1) is 9.04. The predicted molar refractivity (Wildman–Crippen MR) is 77.9 cm³/mol. The number of amides is 1. The summed E-state index contributed by atoms with van der Waals surface area (Å²) < 4.78 is 0. The molecule has 0 aliphatic heterocycles. The lowest BCUT2D eigenvalue weighted by Crippen LogP contribution is -2.27. The standard InChI is InChI=1S/C16H22N2O/c1-9-5-13(17)6-10(2)15(9)18-16(19)14-8-11-3-4-12(14)7-11/h5-6,11-12,14H,3-4,7-8,17H2,1-2H3,(H,18,19). The number of aryl methyl sites for hydroxylation is 2. The molecule has 0 radical (unpaired) electrons. The second-order valence-corrected chi connectivity index (χ2v) is 6.30. The van der Waals surface area contributed by atoms with Crippen LogP contribution in [0.15, 0.2) is 12.1 Å². The van der Waals surface area contributed by atoms with Crippen molar-refractivity contribution in [1.82, 2.24) is 0 Å². The van der Waals surface area contributed by atoms with Gasteiger partial charge in [-0.15, -0.1) is 0 Å². The van der Waals surface area contributed by atoms with E-state index in [0.29, 0.717) is 5.92 Å². The maximum atomic E-state index is 12.5. The average molecular weight is 258 g/mol. The molecule has 1 aromatic rings. The normalized spacial score (nSPS) is 28.6. The molecule has 3 nitrogen and oxygen atoms in total. The fraction of sp³-hybridized carbons (Fsp3) is 0.562. The zero-order chi connectivity index (χ0) is 13.6. The van der Waals surface area contributed by atoms with E-state index >= 15 is 0 Å². The zero-order valence-corrected chi connectivity index (χ0v) is 11.7. The van der Waals surface area contributed by atoms with E-state index in [2.05, 4.69) is 5.32 Å². The molecule has 3 atom stereocenters. The fourth-order valence-electron chi connectivity index (χ4n) is 3.98. The molecule has 2 fully saturated rings. The van der Waals surface area contributed by atoms with Crippen molar-refractivity contribution in [3.05, 3.63) is 23.3 Å². The molecule has 3 heteroatoms. The Morgan fingerprint density at radius 2 is 1.89 bits per heavy atom. The first-order valence-corrected chi connectivity index (χ1v) is 7.22. The highest BCUT2D eigenvalue weighted by Gasteiger charge is 2.43. The SMILES string of the molecule is Cc1cc(N)cc(C)c1NC(=O)C1CC2CCC1C2. The van der Waals surface area contributed by atoms with E-state index < -0.39 is 0 Å². The number of nitrogens with one attached hydrogen (secondary N) is 1. The zero-order valence-electron chi connectivity index (χ0n) is 11.7. The van der Waals surface area contributed by atoms with Crippen LogP contribution in [0.5, 0.6) is 0 Å². The van der Waals surface area contributed by atoms with E-state index in [4.69, 9.17) is 5.73 Å². The number of carbonyl (C=O) groups is 1. The van der Waals surface area contributed by atoms with Crippen molar-refractivity contribution in [2.24, 2.45) is 17.8 Å². The van der Waals surface area contributed by atoms with Gasteiger partial charge in [-0.05, 0) is 68.2 Å². The lowest BCUT2D eigenvalue weighted by Gasteiger charge is -2.22. The van der Waals surface area contributed by atoms with Gasteiger partial charge in [0, 0.05) is 17.3 Å². The molecule has 2 saturated carbocycles. The fourth-order valence-corrected chi connectivity index (χ4v) is 3.98. The minimum Gasteiger partial charge on any atom is -0.399 e. The Hall–Kier alpha value is -1.51. The summed E-state index contributed by atoms with van der Waals surface area (Å²) in [6, 6.07) is 3.84. The molecule has 0 saturated heterocycles. The van der Waals surface area contributed by atoms with Gasteiger partial charge in [0.25, 0.3) is 0 Å². The van der Waals surface area contributed by atoms with Crippen LogP contribution >= 0.6 is 0 Å². The average Bonchev–Trinajstić information content (AvgIpc) is 2.95. The lowest BCUT2D eigenvalue weighted by atomic mass is 9.88. The lowest BCUT2D eigenvalue weighted by molar-refractivity contribution is -0.121. The van der Waals surface area contributed by atoms with Crippen LogP contribution in [-0.2, 0) is 4.79 Å². The molecule has 3 unspecified atom stereocenters. The number of hydrogen-bond acceptors (Lipinski definition) is 2. The molecular formula is C16H22N2O. The summed E-state index contributed by atoms with van der Waals surface area (Å²) in [6.45, 7) is 4.00. The largest absolute Gasteiger partial charge is 0.399 e. The molecule has 2 aliphatic rings. The summed E-state index contributed by atoms with van der Waals surface area (Å²) in [4.78, 5) is 12.5. The summed E-state index contributed by atoms with van der Waals surface area (Å²) in [5.41, 5.74) is 9.62. The quantitative estimate of drug-likeness (QED) is 0.800. The Kier molecular flexibility index (Phi) is 3.00. The van der Waals surface area contributed by atoms with E-state index in [9.17, 15) is 4.79 Å². The van der Waals surface area contributed by atoms with Gasteiger partial charge in [-0.25, -0.2) is 0 Å². The van der Waals surface area contributed by atoms with Crippen LogP contribution in [0.25, 0.3) is 0 Å². The molecule has 2 bridgehead atoms. The molecule has 0 aromatic heterocycles. The number of carbonyl (C=O) groups excluding carboxylic acids is 1. The minimum atomic E-state index is 0.211. The van der Waals surface area contributed by atoms with Crippen LogP contribution in [0.2, 0.25) is 0 Å². The topological polar surface area (TPSA) is 55.1 Å². The predicted octanol–water partition coefficient (Wildman–Crippen LogP) is 3.26. The number of benzene rings is 1. The van der Waals surface area contributed by atoms with Gasteiger partial charge < -0.3 is 11.1 Å². The van der Waals surface area contributed by atoms with Gasteiger partial charge in [-0.2, -0.15) is 0 Å². The Morgan fingerprint density at radius 1 is 1.21 bits per heavy atom. The number of anilines is 2. The number of rotatable bonds is 2. The van der Waals surface area contributed by atoms with Crippen molar-refractivity contribution in [2.75, 3.05) is 11.1 Å². The molecule has 1 aromatic carbocycles. The van der Waals surface area contributed by atoms with Gasteiger partial charge in [0.05, 0.1) is 0 Å². The van der Waals surface area contributed by atoms with Crippen LogP contribution in [0.1, 0.15) is 36.8 Å². The van der Waals surface area contributed by atoms with Gasteiger partial charge in [0.2, 0.25) is 5.91 Å². The second kappa shape index (κ2) is 4.55. The smallest absolute Gasteiger partial charge is 0.227 e. The van der Waals surface area contributed by atoms with E-state index in [0.717, 1.165) is 34.8 Å². The summed E-state index contributed by atoms with van der Waals surface area (Å²) in [6.07, 6.45) is 4.91. The first-order valence-electron chi connectivity index (χ1n) is 7.22. The monoisotopic (exact) mass is 258 g/mol. The van der Waals surface area contributed by atoms with Crippen molar-refractivity contribution in [2.45, 2.75) is 39.5 Å². The first kappa shape index (κ1) is 12.5. The van der Waals surface area contributed by atoms with Gasteiger partial charge >= 0.3 is 0 Å². The molecule has 3 rings (SSSR count). The number of nitrogens with two attached hydrogens (primary N) is 1. The highest BCUT2D eigenvalue weighted by molar-refractivity contribution is 5.94. The molecule has 19 heavy (non-hydrogen) atoms. The van der Waals surface area contributed by atoms with Gasteiger partial charge in [-0.3, -0.25) is 4.79 Å². The molecule has 0 spiro atoms. The van der Waals surface area contributed by atoms with Crippen molar-refractivity contribution < 1.29 is 4.79 Å². The Bertz CT molecular complexity index is 500. The van der Waals surface area contributed by atoms with Crippen molar-refractivity contribution in [1.29, 1.82) is 0 Å². The molecular weight excluding hydrogens is 236 g/mol. The molecule has 2 aliphatic carbocycles. The molecule has 1 amide bonds. The molecule has 0 heterocycles. The van der Waals surface area contributed by atoms with Gasteiger partial charge in [0.15, 0.2) is 0 Å². The minimum absolute atomic E-state index is 0.211. The maximum Gasteiger partial charge on any atom is 0.227 e. The van der Waals surface area contributed by atoms with Crippen LogP contribution in [0.4, 0.5) is 11.4 Å². The van der Waals surface area contributed by atoms with Crippen LogP contribution in [0, 0.1) is 31.6 Å². The van der Waals surface area contributed by atoms with E-state index in [1.165, 1.54) is 19.3 Å². The summed E-state index contributed by atoms with van der Waals surface area (Å²) in [5, 5.41) is 3.14.